The second-order valence-electron chi connectivity index (χ2n) is 8.42. The fourth-order valence-corrected chi connectivity index (χ4v) is 5.92. The Bertz CT molecular complexity index is 1590. The highest BCUT2D eigenvalue weighted by Crippen LogP contribution is 2.36. The Morgan fingerprint density at radius 3 is 1.78 bits per heavy atom. The number of hydrogen-bond donors (Lipinski definition) is 2. The Morgan fingerprint density at radius 2 is 1.32 bits per heavy atom. The number of rotatable bonds is 8. The van der Waals surface area contributed by atoms with Crippen LogP contribution in [0.5, 0.6) is 0 Å². The van der Waals surface area contributed by atoms with Crippen LogP contribution in [0.25, 0.3) is 0 Å². The van der Waals surface area contributed by atoms with Gasteiger partial charge in [-0.05, 0) is 38.1 Å². The Kier molecular flexibility index (Phi) is 7.50. The number of aliphatic hydroxyl groups is 1. The molecule has 2 aromatic carbocycles. The Morgan fingerprint density at radius 1 is 0.838 bits per heavy atom. The zero-order chi connectivity index (χ0) is 27.0. The van der Waals surface area contributed by atoms with E-state index in [1.54, 1.807) is 26.0 Å². The molecular weight excluding hydrogens is 528 g/mol. The van der Waals surface area contributed by atoms with Crippen molar-refractivity contribution in [1.29, 1.82) is 0 Å². The molecule has 4 rings (SSSR count). The summed E-state index contributed by atoms with van der Waals surface area (Å²) in [5.74, 6) is 0. The number of H-pyrrole nitrogens is 1. The van der Waals surface area contributed by atoms with E-state index >= 15 is 0 Å². The highest BCUT2D eigenvalue weighted by molar-refractivity contribution is 7.87. The summed E-state index contributed by atoms with van der Waals surface area (Å²) in [5.41, 5.74) is -0.124. The monoisotopic (exact) mass is 552 g/mol. The maximum Gasteiger partial charge on any atom is 0.330 e. The van der Waals surface area contributed by atoms with Crippen molar-refractivity contribution in [3.63, 3.8) is 0 Å². The number of ether oxygens (including phenoxy) is 1. The summed E-state index contributed by atoms with van der Waals surface area (Å²) in [6, 6.07) is 12.4. The number of benzene rings is 2. The zero-order valence-electron chi connectivity index (χ0n) is 19.7. The molecule has 1 fully saturated rings. The third kappa shape index (κ3) is 5.74. The second kappa shape index (κ2) is 10.3. The van der Waals surface area contributed by atoms with Gasteiger partial charge < -0.3 is 9.84 Å². The predicted octanol–water partition coefficient (Wildman–Crippen LogP) is 0.591. The van der Waals surface area contributed by atoms with Gasteiger partial charge in [-0.3, -0.25) is 22.7 Å². The van der Waals surface area contributed by atoms with Gasteiger partial charge in [0.2, 0.25) is 0 Å². The zero-order valence-corrected chi connectivity index (χ0v) is 21.3. The van der Waals surface area contributed by atoms with Gasteiger partial charge in [0, 0.05) is 12.3 Å². The highest BCUT2D eigenvalue weighted by atomic mass is 32.2. The first-order valence-electron chi connectivity index (χ1n) is 11.0. The minimum atomic E-state index is -4.54. The summed E-state index contributed by atoms with van der Waals surface area (Å²) in [6.45, 7) is 2.72. The SMILES string of the molecule is Cc1ccc(S(=O)(=O)O[C@@H]2[C@H](OS(=O)(=O)c3ccc(C)cc3)[C@@H](CO)O[C@H]2n2ccc(=O)[nH]c2=O)cc1. The van der Waals surface area contributed by atoms with E-state index in [0.717, 1.165) is 28.0 Å². The van der Waals surface area contributed by atoms with Crippen molar-refractivity contribution in [3.05, 3.63) is 92.8 Å². The molecule has 1 aliphatic heterocycles. The van der Waals surface area contributed by atoms with Gasteiger partial charge in [0.1, 0.15) is 12.2 Å². The molecule has 198 valence electrons. The average Bonchev–Trinajstić information content (AvgIpc) is 3.15. The molecule has 37 heavy (non-hydrogen) atoms. The molecule has 1 saturated heterocycles. The van der Waals surface area contributed by atoms with Crippen molar-refractivity contribution in [2.24, 2.45) is 0 Å². The summed E-state index contributed by atoms with van der Waals surface area (Å²) in [6.07, 6.45) is -5.42. The van der Waals surface area contributed by atoms with Crippen LogP contribution in [0.15, 0.2) is 80.2 Å². The quantitative estimate of drug-likeness (QED) is 0.377. The molecule has 2 N–H and O–H groups in total. The van der Waals surface area contributed by atoms with Gasteiger partial charge in [-0.1, -0.05) is 35.4 Å². The van der Waals surface area contributed by atoms with Gasteiger partial charge >= 0.3 is 5.69 Å². The Balaban J connectivity index is 1.78. The van der Waals surface area contributed by atoms with E-state index in [-0.39, 0.29) is 9.79 Å². The molecule has 0 saturated carbocycles. The van der Waals surface area contributed by atoms with E-state index in [9.17, 15) is 31.5 Å². The largest absolute Gasteiger partial charge is 0.394 e. The van der Waals surface area contributed by atoms with E-state index in [0.29, 0.717) is 0 Å². The topological polar surface area (TPSA) is 171 Å². The molecular formula is C23H24N2O10S2. The fourth-order valence-electron chi connectivity index (χ4n) is 3.74. The number of aromatic nitrogens is 2. The van der Waals surface area contributed by atoms with Gasteiger partial charge in [0.15, 0.2) is 12.3 Å². The molecule has 0 aliphatic carbocycles. The van der Waals surface area contributed by atoms with Crippen molar-refractivity contribution >= 4 is 20.2 Å². The van der Waals surface area contributed by atoms with Crippen molar-refractivity contribution in [3.8, 4) is 0 Å². The van der Waals surface area contributed by atoms with Crippen molar-refractivity contribution in [2.45, 2.75) is 48.2 Å². The van der Waals surface area contributed by atoms with Crippen LogP contribution < -0.4 is 11.2 Å². The minimum Gasteiger partial charge on any atom is -0.394 e. The van der Waals surface area contributed by atoms with Crippen LogP contribution in [-0.2, 0) is 33.3 Å². The van der Waals surface area contributed by atoms with Crippen LogP contribution in [0.3, 0.4) is 0 Å². The number of nitrogens with one attached hydrogen (secondary N) is 1. The van der Waals surface area contributed by atoms with Crippen molar-refractivity contribution in [1.82, 2.24) is 9.55 Å². The van der Waals surface area contributed by atoms with Crippen LogP contribution in [-0.4, -0.2) is 56.4 Å². The van der Waals surface area contributed by atoms with Gasteiger partial charge in [0.25, 0.3) is 25.8 Å². The second-order valence-corrected chi connectivity index (χ2v) is 11.6. The normalized spacial score (nSPS) is 22.2. The lowest BCUT2D eigenvalue weighted by atomic mass is 10.1. The summed E-state index contributed by atoms with van der Waals surface area (Å²) in [4.78, 5) is 25.6. The van der Waals surface area contributed by atoms with E-state index < -0.39 is 62.6 Å². The first-order chi connectivity index (χ1) is 17.4. The fraction of sp³-hybridized carbons (Fsp3) is 0.304. The predicted molar refractivity (Wildman–Crippen MR) is 129 cm³/mol. The maximum absolute atomic E-state index is 13.1. The van der Waals surface area contributed by atoms with Crippen molar-refractivity contribution in [2.75, 3.05) is 6.61 Å². The van der Waals surface area contributed by atoms with Crippen molar-refractivity contribution < 1.29 is 35.0 Å². The third-order valence-electron chi connectivity index (χ3n) is 5.69. The first kappa shape index (κ1) is 26.9. The van der Waals surface area contributed by atoms with Gasteiger partial charge in [0.05, 0.1) is 16.4 Å². The summed E-state index contributed by atoms with van der Waals surface area (Å²) in [5, 5.41) is 9.93. The average molecular weight is 553 g/mol. The standard InChI is InChI=1S/C23H24N2O10S2/c1-14-3-7-16(8-4-14)36(29,30)34-20-18(13-26)33-22(25-12-11-19(27)24-23(25)28)21(20)35-37(31,32)17-9-5-15(2)6-10-17/h3-12,18,20-22,26H,13H2,1-2H3,(H,24,27,28)/t18-,20-,21-,22-/m1/s1. The van der Waals surface area contributed by atoms with Crippen LogP contribution >= 0.6 is 0 Å². The molecule has 0 spiro atoms. The maximum atomic E-state index is 13.1. The number of aryl methyl sites for hydroxylation is 2. The first-order valence-corrected chi connectivity index (χ1v) is 13.8. The Hall–Kier alpha value is -3.14. The molecule has 0 unspecified atom stereocenters. The van der Waals surface area contributed by atoms with E-state index in [1.165, 1.54) is 36.4 Å². The summed E-state index contributed by atoms with van der Waals surface area (Å²) < 4.78 is 69.6. The molecule has 12 nitrogen and oxygen atoms in total. The Labute approximate surface area is 212 Å². The van der Waals surface area contributed by atoms with Crippen LogP contribution in [0, 0.1) is 13.8 Å². The molecule has 1 aliphatic rings. The number of aliphatic hydroxyl groups excluding tert-OH is 1. The molecule has 14 heteroatoms. The van der Waals surface area contributed by atoms with Gasteiger partial charge in [-0.15, -0.1) is 0 Å². The lowest BCUT2D eigenvalue weighted by Crippen LogP contribution is -2.42. The minimum absolute atomic E-state index is 0.223. The molecule has 0 bridgehead atoms. The number of aromatic amines is 1. The number of nitrogens with zero attached hydrogens (tertiary/aromatic N) is 1. The lowest BCUT2D eigenvalue weighted by molar-refractivity contribution is -0.0504. The molecule has 3 aromatic rings. The van der Waals surface area contributed by atoms with E-state index in [1.807, 2.05) is 4.98 Å². The molecule has 1 aromatic heterocycles. The summed E-state index contributed by atoms with van der Waals surface area (Å²) in [7, 11) is -9.03. The molecule has 2 heterocycles. The third-order valence-corrected chi connectivity index (χ3v) is 8.34. The summed E-state index contributed by atoms with van der Waals surface area (Å²) >= 11 is 0. The van der Waals surface area contributed by atoms with Crippen LogP contribution in [0.4, 0.5) is 0 Å². The molecule has 0 amide bonds. The smallest absolute Gasteiger partial charge is 0.330 e. The lowest BCUT2D eigenvalue weighted by Gasteiger charge is -2.24. The highest BCUT2D eigenvalue weighted by Gasteiger charge is 2.51. The van der Waals surface area contributed by atoms with E-state index in [4.69, 9.17) is 13.1 Å². The number of hydrogen-bond acceptors (Lipinski definition) is 10. The van der Waals surface area contributed by atoms with Gasteiger partial charge in [-0.25, -0.2) is 4.79 Å². The molecule has 4 atom stereocenters. The van der Waals surface area contributed by atoms with E-state index in [2.05, 4.69) is 0 Å². The molecule has 0 radical (unpaired) electrons. The van der Waals surface area contributed by atoms with Crippen LogP contribution in [0.1, 0.15) is 17.4 Å². The van der Waals surface area contributed by atoms with Crippen LogP contribution in [0.2, 0.25) is 0 Å². The van der Waals surface area contributed by atoms with Gasteiger partial charge in [-0.2, -0.15) is 16.8 Å².